The molecule has 0 radical (unpaired) electrons. The minimum atomic E-state index is -4.78. The van der Waals surface area contributed by atoms with E-state index in [9.17, 15) is 22.8 Å². The normalized spacial score (nSPS) is 11.1. The lowest BCUT2D eigenvalue weighted by Crippen LogP contribution is -2.17. The lowest BCUT2D eigenvalue weighted by Gasteiger charge is -2.11. The first kappa shape index (κ1) is 25.2. The SMILES string of the molecule is CCCCCCCCOC(=O)c1ccccc1C(=O)OCc1ccc(OC(F)(F)F)cc1. The Morgan fingerprint density at radius 2 is 1.34 bits per heavy atom. The van der Waals surface area contributed by atoms with E-state index in [-0.39, 0.29) is 30.1 Å². The monoisotopic (exact) mass is 452 g/mol. The predicted octanol–water partition coefficient (Wildman–Crippen LogP) is 6.46. The van der Waals surface area contributed by atoms with Crippen molar-refractivity contribution in [1.29, 1.82) is 0 Å². The van der Waals surface area contributed by atoms with Crippen molar-refractivity contribution in [2.45, 2.75) is 58.4 Å². The van der Waals surface area contributed by atoms with E-state index >= 15 is 0 Å². The lowest BCUT2D eigenvalue weighted by molar-refractivity contribution is -0.274. The molecule has 0 bridgehead atoms. The first-order valence-electron chi connectivity index (χ1n) is 10.6. The van der Waals surface area contributed by atoms with Gasteiger partial charge in [0.15, 0.2) is 0 Å². The van der Waals surface area contributed by atoms with Gasteiger partial charge in [-0.05, 0) is 36.2 Å². The molecule has 0 heterocycles. The molecule has 0 unspecified atom stereocenters. The molecule has 0 fully saturated rings. The Kier molecular flexibility index (Phi) is 10.0. The minimum Gasteiger partial charge on any atom is -0.462 e. The summed E-state index contributed by atoms with van der Waals surface area (Å²) in [5.74, 6) is -1.70. The standard InChI is InChI=1S/C24H27F3O5/c1-2-3-4-5-6-9-16-30-22(28)20-10-7-8-11-21(20)23(29)31-17-18-12-14-19(15-13-18)32-24(25,26)27/h7-8,10-15H,2-6,9,16-17H2,1H3. The molecule has 5 nitrogen and oxygen atoms in total. The molecular weight excluding hydrogens is 425 g/mol. The van der Waals surface area contributed by atoms with Crippen LogP contribution in [0.1, 0.15) is 71.7 Å². The van der Waals surface area contributed by atoms with E-state index < -0.39 is 18.3 Å². The smallest absolute Gasteiger partial charge is 0.462 e. The third-order valence-electron chi connectivity index (χ3n) is 4.62. The summed E-state index contributed by atoms with van der Waals surface area (Å²) in [4.78, 5) is 24.9. The molecule has 32 heavy (non-hydrogen) atoms. The summed E-state index contributed by atoms with van der Waals surface area (Å²) < 4.78 is 51.0. The zero-order chi connectivity index (χ0) is 23.4. The summed E-state index contributed by atoms with van der Waals surface area (Å²) in [6.07, 6.45) is 1.58. The average molecular weight is 452 g/mol. The van der Waals surface area contributed by atoms with E-state index in [1.54, 1.807) is 12.1 Å². The highest BCUT2D eigenvalue weighted by molar-refractivity contribution is 6.03. The molecule has 2 aromatic rings. The Morgan fingerprint density at radius 3 is 1.94 bits per heavy atom. The van der Waals surface area contributed by atoms with Gasteiger partial charge in [-0.3, -0.25) is 0 Å². The Hall–Kier alpha value is -3.03. The van der Waals surface area contributed by atoms with Crippen molar-refractivity contribution in [3.05, 3.63) is 65.2 Å². The second-order valence-electron chi connectivity index (χ2n) is 7.22. The van der Waals surface area contributed by atoms with E-state index in [0.29, 0.717) is 5.56 Å². The number of esters is 2. The van der Waals surface area contributed by atoms with Gasteiger partial charge in [0.25, 0.3) is 0 Å². The van der Waals surface area contributed by atoms with E-state index in [4.69, 9.17) is 9.47 Å². The van der Waals surface area contributed by atoms with Crippen molar-refractivity contribution < 1.29 is 37.0 Å². The van der Waals surface area contributed by atoms with E-state index in [0.717, 1.165) is 37.8 Å². The zero-order valence-corrected chi connectivity index (χ0v) is 18.0. The highest BCUT2D eigenvalue weighted by Gasteiger charge is 2.31. The number of alkyl halides is 3. The van der Waals surface area contributed by atoms with E-state index in [1.165, 1.54) is 37.1 Å². The summed E-state index contributed by atoms with van der Waals surface area (Å²) in [6.45, 7) is 2.25. The molecule has 2 aromatic carbocycles. The maximum atomic E-state index is 12.5. The van der Waals surface area contributed by atoms with Gasteiger partial charge in [-0.2, -0.15) is 0 Å². The number of unbranched alkanes of at least 4 members (excludes halogenated alkanes) is 5. The summed E-state index contributed by atoms with van der Waals surface area (Å²) in [5.41, 5.74) is 0.644. The maximum absolute atomic E-state index is 12.5. The largest absolute Gasteiger partial charge is 0.573 e. The molecule has 0 N–H and O–H groups in total. The Morgan fingerprint density at radius 1 is 0.781 bits per heavy atom. The number of hydrogen-bond acceptors (Lipinski definition) is 5. The molecule has 174 valence electrons. The second-order valence-corrected chi connectivity index (χ2v) is 7.22. The fourth-order valence-electron chi connectivity index (χ4n) is 2.98. The third-order valence-corrected chi connectivity index (χ3v) is 4.62. The van der Waals surface area contributed by atoms with Gasteiger partial charge in [-0.1, -0.05) is 63.3 Å². The second kappa shape index (κ2) is 12.7. The predicted molar refractivity (Wildman–Crippen MR) is 112 cm³/mol. The molecular formula is C24H27F3O5. The van der Waals surface area contributed by atoms with Crippen LogP contribution in [-0.4, -0.2) is 24.9 Å². The molecule has 0 atom stereocenters. The summed E-state index contributed by atoms with van der Waals surface area (Å²) >= 11 is 0. The summed E-state index contributed by atoms with van der Waals surface area (Å²) in [7, 11) is 0. The molecule has 0 aliphatic carbocycles. The van der Waals surface area contributed by atoms with Crippen molar-refractivity contribution >= 4 is 11.9 Å². The van der Waals surface area contributed by atoms with Crippen LogP contribution in [0, 0.1) is 0 Å². The van der Waals surface area contributed by atoms with Crippen LogP contribution in [0.4, 0.5) is 13.2 Å². The molecule has 8 heteroatoms. The number of carbonyl (C=O) groups excluding carboxylic acids is 2. The van der Waals surface area contributed by atoms with Crippen LogP contribution >= 0.6 is 0 Å². The number of benzene rings is 2. The van der Waals surface area contributed by atoms with Crippen molar-refractivity contribution in [3.8, 4) is 5.75 Å². The molecule has 0 amide bonds. The van der Waals surface area contributed by atoms with Crippen LogP contribution in [0.25, 0.3) is 0 Å². The molecule has 0 aromatic heterocycles. The zero-order valence-electron chi connectivity index (χ0n) is 18.0. The lowest BCUT2D eigenvalue weighted by atomic mass is 10.1. The van der Waals surface area contributed by atoms with Gasteiger partial charge < -0.3 is 14.2 Å². The van der Waals surface area contributed by atoms with Crippen LogP contribution in [0.3, 0.4) is 0 Å². The van der Waals surface area contributed by atoms with Crippen molar-refractivity contribution in [3.63, 3.8) is 0 Å². The fraction of sp³-hybridized carbons (Fsp3) is 0.417. The number of rotatable bonds is 12. The number of halogens is 3. The van der Waals surface area contributed by atoms with Gasteiger partial charge in [-0.15, -0.1) is 13.2 Å². The Labute approximate surface area is 185 Å². The van der Waals surface area contributed by atoms with Crippen molar-refractivity contribution in [2.24, 2.45) is 0 Å². The number of hydrogen-bond donors (Lipinski definition) is 0. The Bertz CT molecular complexity index is 863. The molecule has 2 rings (SSSR count). The minimum absolute atomic E-state index is 0.0671. The van der Waals surface area contributed by atoms with Gasteiger partial charge in [0.1, 0.15) is 12.4 Å². The number of ether oxygens (including phenoxy) is 3. The quantitative estimate of drug-likeness (QED) is 0.273. The van der Waals surface area contributed by atoms with Crippen LogP contribution in [-0.2, 0) is 16.1 Å². The van der Waals surface area contributed by atoms with Gasteiger partial charge in [0.2, 0.25) is 0 Å². The fourth-order valence-corrected chi connectivity index (χ4v) is 2.98. The highest BCUT2D eigenvalue weighted by atomic mass is 19.4. The van der Waals surface area contributed by atoms with Gasteiger partial charge in [-0.25, -0.2) is 9.59 Å². The van der Waals surface area contributed by atoms with Crippen LogP contribution < -0.4 is 4.74 Å². The van der Waals surface area contributed by atoms with E-state index in [1.807, 2.05) is 0 Å². The maximum Gasteiger partial charge on any atom is 0.573 e. The molecule has 0 aliphatic heterocycles. The molecule has 0 spiro atoms. The van der Waals surface area contributed by atoms with Gasteiger partial charge >= 0.3 is 18.3 Å². The van der Waals surface area contributed by atoms with Crippen LogP contribution in [0.15, 0.2) is 48.5 Å². The summed E-state index contributed by atoms with van der Waals surface area (Å²) in [5, 5.41) is 0. The van der Waals surface area contributed by atoms with E-state index in [2.05, 4.69) is 11.7 Å². The van der Waals surface area contributed by atoms with Gasteiger partial charge in [0, 0.05) is 0 Å². The Balaban J connectivity index is 1.86. The first-order valence-corrected chi connectivity index (χ1v) is 10.6. The van der Waals surface area contributed by atoms with Gasteiger partial charge in [0.05, 0.1) is 17.7 Å². The third kappa shape index (κ3) is 8.99. The molecule has 0 aliphatic rings. The molecule has 0 saturated carbocycles. The van der Waals surface area contributed by atoms with Crippen LogP contribution in [0.2, 0.25) is 0 Å². The van der Waals surface area contributed by atoms with Crippen LogP contribution in [0.5, 0.6) is 5.75 Å². The van der Waals surface area contributed by atoms with Crippen molar-refractivity contribution in [2.75, 3.05) is 6.61 Å². The highest BCUT2D eigenvalue weighted by Crippen LogP contribution is 2.23. The topological polar surface area (TPSA) is 61.8 Å². The molecule has 0 saturated heterocycles. The summed E-state index contributed by atoms with van der Waals surface area (Å²) in [6, 6.07) is 11.1. The first-order chi connectivity index (χ1) is 15.3. The average Bonchev–Trinajstić information content (AvgIpc) is 2.76. The number of carbonyl (C=O) groups is 2. The van der Waals surface area contributed by atoms with Crippen molar-refractivity contribution in [1.82, 2.24) is 0 Å².